The summed E-state index contributed by atoms with van der Waals surface area (Å²) >= 11 is 0. The minimum Gasteiger partial charge on any atom is -0.504 e. The smallest absolute Gasteiger partial charge is 0.415 e. The molecule has 76 valence electrons. The Morgan fingerprint density at radius 1 is 1.31 bits per heavy atom. The third-order valence-corrected chi connectivity index (χ3v) is 2.37. The molecule has 1 aliphatic rings. The molecule has 0 spiro atoms. The Hall–Kier alpha value is -0.670. The molecule has 0 aromatic carbocycles. The molecule has 0 aliphatic heterocycles. The Kier molecular flexibility index (Phi) is 3.22. The highest BCUT2D eigenvalue weighted by atomic mass is 19.4. The molecule has 1 fully saturated rings. The van der Waals surface area contributed by atoms with Gasteiger partial charge in [0.05, 0.1) is 18.9 Å². The van der Waals surface area contributed by atoms with Crippen molar-refractivity contribution in [3.8, 4) is 0 Å². The van der Waals surface area contributed by atoms with Crippen LogP contribution in [0.4, 0.5) is 13.2 Å². The Bertz CT molecular complexity index is 190. The van der Waals surface area contributed by atoms with Crippen molar-refractivity contribution in [3.63, 3.8) is 0 Å². The van der Waals surface area contributed by atoms with Crippen LogP contribution in [0.3, 0.4) is 0 Å². The molecule has 0 atom stereocenters. The second-order valence-electron chi connectivity index (χ2n) is 3.29. The molecule has 0 heterocycles. The molecule has 0 amide bonds. The molecule has 0 N–H and O–H groups in total. The molecule has 0 aromatic rings. The topological polar surface area (TPSA) is 9.23 Å². The van der Waals surface area contributed by atoms with Crippen LogP contribution in [0.25, 0.3) is 0 Å². The van der Waals surface area contributed by atoms with Gasteiger partial charge in [-0.2, -0.15) is 13.2 Å². The summed E-state index contributed by atoms with van der Waals surface area (Å²) in [4.78, 5) is 0. The number of hydrogen-bond donors (Lipinski definition) is 0. The molecule has 1 aliphatic carbocycles. The van der Waals surface area contributed by atoms with Crippen LogP contribution in [0.2, 0.25) is 0 Å². The Morgan fingerprint density at radius 3 is 2.23 bits per heavy atom. The zero-order valence-electron chi connectivity index (χ0n) is 7.53. The number of methoxy groups -OCH3 is 1. The van der Waals surface area contributed by atoms with E-state index in [1.54, 1.807) is 0 Å². The maximum atomic E-state index is 12.4. The van der Waals surface area contributed by atoms with Gasteiger partial charge in [0.25, 0.3) is 0 Å². The van der Waals surface area contributed by atoms with Gasteiger partial charge in [0.2, 0.25) is 0 Å². The largest absolute Gasteiger partial charge is 0.504 e. The minimum atomic E-state index is -4.23. The van der Waals surface area contributed by atoms with Crippen LogP contribution in [0.5, 0.6) is 0 Å². The first kappa shape index (κ1) is 10.4. The molecule has 0 aromatic heterocycles. The lowest BCUT2D eigenvalue weighted by Gasteiger charge is -2.16. The predicted molar refractivity (Wildman–Crippen MR) is 43.1 cm³/mol. The highest BCUT2D eigenvalue weighted by Crippen LogP contribution is 2.39. The van der Waals surface area contributed by atoms with Crippen molar-refractivity contribution in [1.82, 2.24) is 0 Å². The lowest BCUT2D eigenvalue weighted by molar-refractivity contribution is -0.101. The van der Waals surface area contributed by atoms with E-state index >= 15 is 0 Å². The number of halogens is 3. The number of hydrogen-bond acceptors (Lipinski definition) is 1. The lowest BCUT2D eigenvalue weighted by Crippen LogP contribution is -2.18. The summed E-state index contributed by atoms with van der Waals surface area (Å²) < 4.78 is 41.7. The number of alkyl halides is 3. The third-order valence-electron chi connectivity index (χ3n) is 2.37. The lowest BCUT2D eigenvalue weighted by atomic mass is 9.98. The molecule has 1 nitrogen and oxygen atoms in total. The summed E-state index contributed by atoms with van der Waals surface area (Å²) in [6.45, 7) is 0. The van der Waals surface area contributed by atoms with E-state index in [-0.39, 0.29) is 5.92 Å². The van der Waals surface area contributed by atoms with Gasteiger partial charge in [0, 0.05) is 0 Å². The summed E-state index contributed by atoms with van der Waals surface area (Å²) in [6, 6.07) is 0. The normalized spacial score (nSPS) is 20.8. The molecule has 0 bridgehead atoms. The quantitative estimate of drug-likeness (QED) is 0.613. The summed E-state index contributed by atoms with van der Waals surface area (Å²) in [5.41, 5.74) is -0.507. The zero-order valence-corrected chi connectivity index (χ0v) is 7.53. The Labute approximate surface area is 75.6 Å². The summed E-state index contributed by atoms with van der Waals surface area (Å²) in [7, 11) is 1.25. The Balaban J connectivity index is 2.73. The molecular formula is C9H13F3O. The van der Waals surface area contributed by atoms with E-state index in [9.17, 15) is 13.2 Å². The van der Waals surface area contributed by atoms with E-state index in [4.69, 9.17) is 0 Å². The molecule has 0 saturated heterocycles. The van der Waals surface area contributed by atoms with Crippen molar-refractivity contribution in [2.45, 2.75) is 31.9 Å². The second-order valence-corrected chi connectivity index (χ2v) is 3.29. The molecular weight excluding hydrogens is 181 g/mol. The fraction of sp³-hybridized carbons (Fsp3) is 0.778. The van der Waals surface area contributed by atoms with E-state index in [1.807, 2.05) is 0 Å². The Morgan fingerprint density at radius 2 is 1.85 bits per heavy atom. The van der Waals surface area contributed by atoms with Gasteiger partial charge in [0.15, 0.2) is 0 Å². The van der Waals surface area contributed by atoms with Gasteiger partial charge in [-0.1, -0.05) is 12.8 Å². The van der Waals surface area contributed by atoms with Gasteiger partial charge >= 0.3 is 6.18 Å². The van der Waals surface area contributed by atoms with E-state index in [2.05, 4.69) is 4.74 Å². The van der Waals surface area contributed by atoms with Crippen LogP contribution in [-0.2, 0) is 4.74 Å². The van der Waals surface area contributed by atoms with Crippen LogP contribution in [0.15, 0.2) is 11.8 Å². The average Bonchev–Trinajstić information content (AvgIpc) is 2.49. The van der Waals surface area contributed by atoms with Crippen LogP contribution in [0, 0.1) is 5.92 Å². The number of allylic oxidation sites excluding steroid dienone is 1. The highest BCUT2D eigenvalue weighted by molar-refractivity contribution is 5.11. The monoisotopic (exact) mass is 194 g/mol. The molecule has 13 heavy (non-hydrogen) atoms. The maximum Gasteiger partial charge on any atom is 0.415 e. The molecule has 0 radical (unpaired) electrons. The van der Waals surface area contributed by atoms with Gasteiger partial charge in [-0.25, -0.2) is 0 Å². The van der Waals surface area contributed by atoms with E-state index in [0.717, 1.165) is 19.1 Å². The van der Waals surface area contributed by atoms with Crippen molar-refractivity contribution in [3.05, 3.63) is 11.8 Å². The van der Waals surface area contributed by atoms with Crippen LogP contribution in [-0.4, -0.2) is 13.3 Å². The SMILES string of the molecule is CO/C=C(/C1CCCC1)C(F)(F)F. The molecule has 4 heteroatoms. The first-order chi connectivity index (χ1) is 6.05. The van der Waals surface area contributed by atoms with E-state index in [1.165, 1.54) is 7.11 Å². The van der Waals surface area contributed by atoms with Crippen LogP contribution in [0.1, 0.15) is 25.7 Å². The zero-order chi connectivity index (χ0) is 9.90. The van der Waals surface area contributed by atoms with Crippen LogP contribution >= 0.6 is 0 Å². The predicted octanol–water partition coefficient (Wildman–Crippen LogP) is 3.27. The standard InChI is InChI=1S/C9H13F3O/c1-13-6-8(9(10,11)12)7-4-2-3-5-7/h6-7H,2-5H2,1H3/b8-6-. The third kappa shape index (κ3) is 2.64. The number of ether oxygens (including phenoxy) is 1. The summed E-state index contributed by atoms with van der Waals surface area (Å²) in [5.74, 6) is -0.347. The van der Waals surface area contributed by atoms with Gasteiger partial charge in [-0.05, 0) is 18.8 Å². The van der Waals surface area contributed by atoms with Gasteiger partial charge in [-0.3, -0.25) is 0 Å². The van der Waals surface area contributed by atoms with Gasteiger partial charge in [-0.15, -0.1) is 0 Å². The first-order valence-electron chi connectivity index (χ1n) is 4.35. The van der Waals surface area contributed by atoms with Gasteiger partial charge < -0.3 is 4.74 Å². The van der Waals surface area contributed by atoms with Gasteiger partial charge in [0.1, 0.15) is 0 Å². The number of rotatable bonds is 2. The second kappa shape index (κ2) is 4.03. The summed E-state index contributed by atoms with van der Waals surface area (Å²) in [5, 5.41) is 0. The minimum absolute atomic E-state index is 0.347. The van der Waals surface area contributed by atoms with Crippen molar-refractivity contribution in [1.29, 1.82) is 0 Å². The van der Waals surface area contributed by atoms with Crippen molar-refractivity contribution in [2.24, 2.45) is 5.92 Å². The molecule has 1 saturated carbocycles. The van der Waals surface area contributed by atoms with E-state index < -0.39 is 11.7 Å². The highest BCUT2D eigenvalue weighted by Gasteiger charge is 2.39. The van der Waals surface area contributed by atoms with Crippen molar-refractivity contribution < 1.29 is 17.9 Å². The maximum absolute atomic E-state index is 12.4. The first-order valence-corrected chi connectivity index (χ1v) is 4.35. The molecule has 1 rings (SSSR count). The molecule has 0 unspecified atom stereocenters. The van der Waals surface area contributed by atoms with E-state index in [0.29, 0.717) is 12.8 Å². The van der Waals surface area contributed by atoms with Crippen LogP contribution < -0.4 is 0 Å². The summed E-state index contributed by atoms with van der Waals surface area (Å²) in [6.07, 6.45) is -0.339. The van der Waals surface area contributed by atoms with Crippen molar-refractivity contribution in [2.75, 3.05) is 7.11 Å². The fourth-order valence-electron chi connectivity index (χ4n) is 1.76. The average molecular weight is 194 g/mol. The van der Waals surface area contributed by atoms with Crippen molar-refractivity contribution >= 4 is 0 Å². The fourth-order valence-corrected chi connectivity index (χ4v) is 1.76.